The van der Waals surface area contributed by atoms with Crippen molar-refractivity contribution in [2.45, 2.75) is 32.8 Å². The molecule has 18 heavy (non-hydrogen) atoms. The van der Waals surface area contributed by atoms with Gasteiger partial charge >= 0.3 is 0 Å². The quantitative estimate of drug-likeness (QED) is 0.576. The third-order valence-electron chi connectivity index (χ3n) is 2.51. The van der Waals surface area contributed by atoms with Crippen LogP contribution in [0.3, 0.4) is 0 Å². The number of rotatable bonds is 7. The number of nitrogens with one attached hydrogen (secondary N) is 1. The molecule has 0 heterocycles. The van der Waals surface area contributed by atoms with E-state index in [0.717, 1.165) is 19.4 Å². The molecule has 0 aliphatic heterocycles. The van der Waals surface area contributed by atoms with E-state index in [-0.39, 0.29) is 12.0 Å². The van der Waals surface area contributed by atoms with Crippen LogP contribution in [-0.4, -0.2) is 25.2 Å². The molecule has 0 saturated heterocycles. The summed E-state index contributed by atoms with van der Waals surface area (Å²) in [6.07, 6.45) is 2.12. The maximum Gasteiger partial charge on any atom is 0.253 e. The van der Waals surface area contributed by atoms with Gasteiger partial charge < -0.3 is 15.8 Å². The number of nitrogen functional groups attached to an aromatic ring is 1. The number of unbranched alkanes of at least 4 members (excludes halogenated alkanes) is 1. The van der Waals surface area contributed by atoms with Crippen molar-refractivity contribution in [1.82, 2.24) is 5.32 Å². The molecule has 4 heteroatoms. The second-order valence-corrected chi connectivity index (χ2v) is 4.47. The maximum atomic E-state index is 11.8. The Hall–Kier alpha value is -1.55. The first-order valence-electron chi connectivity index (χ1n) is 6.35. The van der Waals surface area contributed by atoms with E-state index in [9.17, 15) is 4.79 Å². The SMILES string of the molecule is CC(C)OCCCCNC(=O)c1ccccc1N. The highest BCUT2D eigenvalue weighted by Gasteiger charge is 2.07. The highest BCUT2D eigenvalue weighted by atomic mass is 16.5. The number of anilines is 1. The van der Waals surface area contributed by atoms with Gasteiger partial charge in [-0.2, -0.15) is 0 Å². The van der Waals surface area contributed by atoms with E-state index < -0.39 is 0 Å². The topological polar surface area (TPSA) is 64.3 Å². The Balaban J connectivity index is 2.20. The summed E-state index contributed by atoms with van der Waals surface area (Å²) in [7, 11) is 0. The summed E-state index contributed by atoms with van der Waals surface area (Å²) < 4.78 is 5.42. The van der Waals surface area contributed by atoms with Crippen molar-refractivity contribution in [2.24, 2.45) is 0 Å². The Morgan fingerprint density at radius 1 is 1.33 bits per heavy atom. The minimum Gasteiger partial charge on any atom is -0.398 e. The average molecular weight is 250 g/mol. The fourth-order valence-corrected chi connectivity index (χ4v) is 1.55. The third kappa shape index (κ3) is 5.19. The lowest BCUT2D eigenvalue weighted by molar-refractivity contribution is 0.0754. The molecule has 0 spiro atoms. The first-order chi connectivity index (χ1) is 8.61. The fourth-order valence-electron chi connectivity index (χ4n) is 1.55. The summed E-state index contributed by atoms with van der Waals surface area (Å²) in [5, 5.41) is 2.85. The molecular weight excluding hydrogens is 228 g/mol. The number of para-hydroxylation sites is 1. The van der Waals surface area contributed by atoms with Crippen LogP contribution in [-0.2, 0) is 4.74 Å². The second-order valence-electron chi connectivity index (χ2n) is 4.47. The van der Waals surface area contributed by atoms with Gasteiger partial charge in [0.2, 0.25) is 0 Å². The molecule has 0 atom stereocenters. The first-order valence-corrected chi connectivity index (χ1v) is 6.35. The molecule has 100 valence electrons. The molecule has 0 bridgehead atoms. The van der Waals surface area contributed by atoms with Gasteiger partial charge in [-0.05, 0) is 38.8 Å². The molecule has 1 aromatic carbocycles. The minimum atomic E-state index is -0.113. The number of nitrogens with two attached hydrogens (primary N) is 1. The molecule has 0 radical (unpaired) electrons. The molecule has 0 unspecified atom stereocenters. The van der Waals surface area contributed by atoms with Crippen molar-refractivity contribution in [3.05, 3.63) is 29.8 Å². The van der Waals surface area contributed by atoms with Crippen molar-refractivity contribution in [3.8, 4) is 0 Å². The van der Waals surface area contributed by atoms with Gasteiger partial charge in [0.25, 0.3) is 5.91 Å². The predicted octanol–water partition coefficient (Wildman–Crippen LogP) is 2.20. The summed E-state index contributed by atoms with van der Waals surface area (Å²) in [5.74, 6) is -0.113. The van der Waals surface area contributed by atoms with Crippen molar-refractivity contribution in [3.63, 3.8) is 0 Å². The zero-order valence-electron chi connectivity index (χ0n) is 11.1. The highest BCUT2D eigenvalue weighted by Crippen LogP contribution is 2.09. The van der Waals surface area contributed by atoms with Gasteiger partial charge in [-0.1, -0.05) is 12.1 Å². The smallest absolute Gasteiger partial charge is 0.253 e. The van der Waals surface area contributed by atoms with Gasteiger partial charge in [0, 0.05) is 18.8 Å². The van der Waals surface area contributed by atoms with Gasteiger partial charge in [-0.15, -0.1) is 0 Å². The Bertz CT molecular complexity index is 378. The van der Waals surface area contributed by atoms with E-state index in [1.54, 1.807) is 12.1 Å². The minimum absolute atomic E-state index is 0.113. The molecule has 1 aromatic rings. The predicted molar refractivity (Wildman–Crippen MR) is 73.5 cm³/mol. The van der Waals surface area contributed by atoms with Crippen molar-refractivity contribution in [1.29, 1.82) is 0 Å². The molecule has 0 saturated carbocycles. The zero-order valence-corrected chi connectivity index (χ0v) is 11.1. The standard InChI is InChI=1S/C14H22N2O2/c1-11(2)18-10-6-5-9-16-14(17)12-7-3-4-8-13(12)15/h3-4,7-8,11H,5-6,9-10,15H2,1-2H3,(H,16,17). The second kappa shape index (κ2) is 7.71. The van der Waals surface area contributed by atoms with Crippen LogP contribution < -0.4 is 11.1 Å². The monoisotopic (exact) mass is 250 g/mol. The number of hydrogen-bond donors (Lipinski definition) is 2. The molecule has 0 aromatic heterocycles. The largest absolute Gasteiger partial charge is 0.398 e. The van der Waals surface area contributed by atoms with Crippen LogP contribution in [0.2, 0.25) is 0 Å². The molecular formula is C14H22N2O2. The van der Waals surface area contributed by atoms with Crippen LogP contribution in [0.1, 0.15) is 37.0 Å². The Morgan fingerprint density at radius 2 is 2.06 bits per heavy atom. The number of ether oxygens (including phenoxy) is 1. The van der Waals surface area contributed by atoms with Crippen LogP contribution in [0.25, 0.3) is 0 Å². The molecule has 0 aliphatic rings. The van der Waals surface area contributed by atoms with Crippen LogP contribution >= 0.6 is 0 Å². The fraction of sp³-hybridized carbons (Fsp3) is 0.500. The number of carbonyl (C=O) groups is 1. The van der Waals surface area contributed by atoms with Crippen molar-refractivity contribution >= 4 is 11.6 Å². The van der Waals surface area contributed by atoms with Gasteiger partial charge in [0.05, 0.1) is 11.7 Å². The summed E-state index contributed by atoms with van der Waals surface area (Å²) in [6, 6.07) is 7.08. The lowest BCUT2D eigenvalue weighted by Gasteiger charge is -2.08. The molecule has 0 aliphatic carbocycles. The van der Waals surface area contributed by atoms with Crippen molar-refractivity contribution < 1.29 is 9.53 Å². The maximum absolute atomic E-state index is 11.8. The van der Waals surface area contributed by atoms with E-state index in [0.29, 0.717) is 17.8 Å². The Labute approximate surface area is 109 Å². The molecule has 4 nitrogen and oxygen atoms in total. The van der Waals surface area contributed by atoms with E-state index in [1.165, 1.54) is 0 Å². The summed E-state index contributed by atoms with van der Waals surface area (Å²) >= 11 is 0. The Morgan fingerprint density at radius 3 is 2.72 bits per heavy atom. The first kappa shape index (κ1) is 14.5. The third-order valence-corrected chi connectivity index (χ3v) is 2.51. The van der Waals surface area contributed by atoms with Crippen molar-refractivity contribution in [2.75, 3.05) is 18.9 Å². The zero-order chi connectivity index (χ0) is 13.4. The summed E-state index contributed by atoms with van der Waals surface area (Å²) in [4.78, 5) is 11.8. The van der Waals surface area contributed by atoms with E-state index in [1.807, 2.05) is 26.0 Å². The molecule has 1 rings (SSSR count). The van der Waals surface area contributed by atoms with Crippen LogP contribution in [0.5, 0.6) is 0 Å². The number of carbonyl (C=O) groups excluding carboxylic acids is 1. The highest BCUT2D eigenvalue weighted by molar-refractivity contribution is 5.98. The number of benzene rings is 1. The van der Waals surface area contributed by atoms with Crippen LogP contribution in [0, 0.1) is 0 Å². The number of hydrogen-bond acceptors (Lipinski definition) is 3. The van der Waals surface area contributed by atoms with Gasteiger partial charge in [0.1, 0.15) is 0 Å². The summed E-state index contributed by atoms with van der Waals surface area (Å²) in [6.45, 7) is 5.41. The van der Waals surface area contributed by atoms with E-state index in [4.69, 9.17) is 10.5 Å². The van der Waals surface area contributed by atoms with Crippen LogP contribution in [0.4, 0.5) is 5.69 Å². The Kier molecular flexibility index (Phi) is 6.22. The van der Waals surface area contributed by atoms with E-state index in [2.05, 4.69) is 5.32 Å². The van der Waals surface area contributed by atoms with Gasteiger partial charge in [-0.3, -0.25) is 4.79 Å². The average Bonchev–Trinajstić information content (AvgIpc) is 2.33. The van der Waals surface area contributed by atoms with Gasteiger partial charge in [-0.25, -0.2) is 0 Å². The van der Waals surface area contributed by atoms with Gasteiger partial charge in [0.15, 0.2) is 0 Å². The summed E-state index contributed by atoms with van der Waals surface area (Å²) in [5.41, 5.74) is 6.78. The number of amides is 1. The lowest BCUT2D eigenvalue weighted by atomic mass is 10.1. The van der Waals surface area contributed by atoms with Crippen LogP contribution in [0.15, 0.2) is 24.3 Å². The van der Waals surface area contributed by atoms with E-state index >= 15 is 0 Å². The lowest BCUT2D eigenvalue weighted by Crippen LogP contribution is -2.25. The normalized spacial score (nSPS) is 10.6. The molecule has 3 N–H and O–H groups in total. The molecule has 1 amide bonds. The molecule has 0 fully saturated rings.